The summed E-state index contributed by atoms with van der Waals surface area (Å²) < 4.78 is 5.68. The number of carboxylic acids is 1. The van der Waals surface area contributed by atoms with Gasteiger partial charge >= 0.3 is 5.97 Å². The lowest BCUT2D eigenvalue weighted by atomic mass is 9.78. The smallest absolute Gasteiger partial charge is 0.305 e. The van der Waals surface area contributed by atoms with Crippen molar-refractivity contribution < 1.29 is 14.6 Å². The van der Waals surface area contributed by atoms with E-state index in [1.165, 1.54) is 6.42 Å². The van der Waals surface area contributed by atoms with Crippen molar-refractivity contribution in [3.05, 3.63) is 0 Å². The monoisotopic (exact) mass is 255 g/mol. The molecule has 104 valence electrons. The Morgan fingerprint density at radius 1 is 1.33 bits per heavy atom. The van der Waals surface area contributed by atoms with Crippen LogP contribution in [-0.2, 0) is 9.53 Å². The van der Waals surface area contributed by atoms with E-state index in [0.29, 0.717) is 6.10 Å². The number of likely N-dealkylation sites (N-methyl/N-ethyl adjacent to an activating group) is 1. The topological polar surface area (TPSA) is 49.8 Å². The maximum atomic E-state index is 11.2. The molecule has 0 spiro atoms. The minimum absolute atomic E-state index is 0.129. The van der Waals surface area contributed by atoms with E-state index in [0.717, 1.165) is 51.7 Å². The molecular formula is C14H25NO3. The van der Waals surface area contributed by atoms with Crippen molar-refractivity contribution in [3.63, 3.8) is 0 Å². The van der Waals surface area contributed by atoms with E-state index >= 15 is 0 Å². The van der Waals surface area contributed by atoms with Gasteiger partial charge in [-0.1, -0.05) is 19.3 Å². The molecule has 0 aromatic carbocycles. The van der Waals surface area contributed by atoms with Crippen molar-refractivity contribution in [1.29, 1.82) is 0 Å². The second-order valence-corrected chi connectivity index (χ2v) is 5.87. The van der Waals surface area contributed by atoms with Crippen LogP contribution in [0.1, 0.15) is 51.4 Å². The zero-order valence-corrected chi connectivity index (χ0v) is 11.4. The molecule has 0 aromatic heterocycles. The molecule has 1 unspecified atom stereocenters. The largest absolute Gasteiger partial charge is 0.481 e. The summed E-state index contributed by atoms with van der Waals surface area (Å²) in [6.45, 7) is 1.75. The van der Waals surface area contributed by atoms with Gasteiger partial charge in [0.2, 0.25) is 0 Å². The van der Waals surface area contributed by atoms with Crippen LogP contribution < -0.4 is 0 Å². The number of hydrogen-bond acceptors (Lipinski definition) is 3. The predicted octanol–water partition coefficient (Wildman–Crippen LogP) is 2.27. The van der Waals surface area contributed by atoms with Crippen molar-refractivity contribution in [2.45, 2.75) is 63.0 Å². The first-order chi connectivity index (χ1) is 8.62. The summed E-state index contributed by atoms with van der Waals surface area (Å²) in [5.41, 5.74) is -0.129. The highest BCUT2D eigenvalue weighted by molar-refractivity contribution is 5.68. The van der Waals surface area contributed by atoms with E-state index in [1.54, 1.807) is 0 Å². The van der Waals surface area contributed by atoms with Crippen LogP contribution in [0.15, 0.2) is 0 Å². The molecule has 1 aliphatic heterocycles. The van der Waals surface area contributed by atoms with Crippen LogP contribution >= 0.6 is 0 Å². The number of nitrogens with zero attached hydrogens (tertiary/aromatic N) is 1. The second-order valence-electron chi connectivity index (χ2n) is 5.87. The number of rotatable bonds is 5. The first kappa shape index (κ1) is 13.8. The molecule has 1 atom stereocenters. The van der Waals surface area contributed by atoms with Gasteiger partial charge in [-0.2, -0.15) is 0 Å². The Morgan fingerprint density at radius 3 is 2.61 bits per heavy atom. The molecule has 1 saturated carbocycles. The summed E-state index contributed by atoms with van der Waals surface area (Å²) in [4.78, 5) is 13.4. The lowest BCUT2D eigenvalue weighted by molar-refractivity contribution is -0.141. The number of ether oxygens (including phenoxy) is 1. The van der Waals surface area contributed by atoms with Gasteiger partial charge in [0.1, 0.15) is 0 Å². The maximum absolute atomic E-state index is 11.2. The van der Waals surface area contributed by atoms with E-state index in [1.807, 2.05) is 0 Å². The summed E-state index contributed by atoms with van der Waals surface area (Å²) in [5.74, 6) is -0.670. The summed E-state index contributed by atoms with van der Waals surface area (Å²) in [6.07, 6.45) is 8.43. The molecular weight excluding hydrogens is 230 g/mol. The molecule has 4 nitrogen and oxygen atoms in total. The fourth-order valence-corrected chi connectivity index (χ4v) is 3.47. The van der Waals surface area contributed by atoms with Crippen LogP contribution in [0.4, 0.5) is 0 Å². The average Bonchev–Trinajstić information content (AvgIpc) is 2.82. The van der Waals surface area contributed by atoms with Crippen LogP contribution in [0.2, 0.25) is 0 Å². The van der Waals surface area contributed by atoms with Crippen molar-refractivity contribution in [1.82, 2.24) is 4.90 Å². The third kappa shape index (κ3) is 3.23. The molecule has 1 N–H and O–H groups in total. The second kappa shape index (κ2) is 6.02. The molecule has 2 fully saturated rings. The lowest BCUT2D eigenvalue weighted by Gasteiger charge is -2.44. The minimum atomic E-state index is -0.670. The summed E-state index contributed by atoms with van der Waals surface area (Å²) in [6, 6.07) is 0. The minimum Gasteiger partial charge on any atom is -0.481 e. The Balaban J connectivity index is 1.99. The molecule has 18 heavy (non-hydrogen) atoms. The highest BCUT2D eigenvalue weighted by Gasteiger charge is 2.39. The molecule has 0 radical (unpaired) electrons. The zero-order valence-electron chi connectivity index (χ0n) is 11.4. The van der Waals surface area contributed by atoms with Crippen LogP contribution in [0.3, 0.4) is 0 Å². The van der Waals surface area contributed by atoms with Crippen molar-refractivity contribution in [2.24, 2.45) is 0 Å². The quantitative estimate of drug-likeness (QED) is 0.818. The van der Waals surface area contributed by atoms with Gasteiger partial charge in [0.25, 0.3) is 0 Å². The predicted molar refractivity (Wildman–Crippen MR) is 69.7 cm³/mol. The fraction of sp³-hybridized carbons (Fsp3) is 0.929. The fourth-order valence-electron chi connectivity index (χ4n) is 3.47. The van der Waals surface area contributed by atoms with Crippen LogP contribution in [0, 0.1) is 0 Å². The van der Waals surface area contributed by atoms with Crippen LogP contribution in [0.5, 0.6) is 0 Å². The number of aliphatic carboxylic acids is 1. The van der Waals surface area contributed by atoms with E-state index in [9.17, 15) is 9.90 Å². The number of hydrogen-bond donors (Lipinski definition) is 1. The molecule has 2 aliphatic rings. The first-order valence-corrected chi connectivity index (χ1v) is 7.17. The summed E-state index contributed by atoms with van der Waals surface area (Å²) >= 11 is 0. The molecule has 4 heteroatoms. The van der Waals surface area contributed by atoms with E-state index in [-0.39, 0.29) is 12.0 Å². The van der Waals surface area contributed by atoms with Gasteiger partial charge in [0, 0.05) is 18.7 Å². The average molecular weight is 255 g/mol. The van der Waals surface area contributed by atoms with Crippen molar-refractivity contribution in [2.75, 3.05) is 20.2 Å². The Kier molecular flexibility index (Phi) is 4.62. The standard InChI is InChI=1S/C14H25NO3/c1-15(11-12-6-5-9-18-12)14(10-13(16)17)7-3-2-4-8-14/h12H,2-11H2,1H3,(H,16,17). The van der Waals surface area contributed by atoms with Gasteiger partial charge in [-0.15, -0.1) is 0 Å². The molecule has 1 aliphatic carbocycles. The van der Waals surface area contributed by atoms with Gasteiger partial charge in [0.15, 0.2) is 0 Å². The van der Waals surface area contributed by atoms with Gasteiger partial charge in [-0.05, 0) is 32.7 Å². The molecule has 1 heterocycles. The summed E-state index contributed by atoms with van der Waals surface area (Å²) in [7, 11) is 2.08. The maximum Gasteiger partial charge on any atom is 0.305 e. The Bertz CT molecular complexity index is 281. The normalized spacial score (nSPS) is 27.6. The molecule has 2 rings (SSSR count). The van der Waals surface area contributed by atoms with Crippen LogP contribution in [0.25, 0.3) is 0 Å². The van der Waals surface area contributed by atoms with Crippen molar-refractivity contribution in [3.8, 4) is 0 Å². The molecule has 0 bridgehead atoms. The zero-order chi connectivity index (χ0) is 13.0. The van der Waals surface area contributed by atoms with E-state index in [2.05, 4.69) is 11.9 Å². The van der Waals surface area contributed by atoms with Gasteiger partial charge in [-0.25, -0.2) is 0 Å². The first-order valence-electron chi connectivity index (χ1n) is 7.17. The number of carbonyl (C=O) groups is 1. The Labute approximate surface area is 109 Å². The van der Waals surface area contributed by atoms with Crippen molar-refractivity contribution >= 4 is 5.97 Å². The third-order valence-corrected chi connectivity index (χ3v) is 4.58. The Hall–Kier alpha value is -0.610. The van der Waals surface area contributed by atoms with Gasteiger partial charge in [-0.3, -0.25) is 9.69 Å². The lowest BCUT2D eigenvalue weighted by Crippen LogP contribution is -2.51. The van der Waals surface area contributed by atoms with Crippen LogP contribution in [-0.4, -0.2) is 47.8 Å². The highest BCUT2D eigenvalue weighted by Crippen LogP contribution is 2.36. The SMILES string of the molecule is CN(CC1CCCO1)C1(CC(=O)O)CCCCC1. The third-order valence-electron chi connectivity index (χ3n) is 4.58. The molecule has 0 amide bonds. The summed E-state index contributed by atoms with van der Waals surface area (Å²) in [5, 5.41) is 9.18. The Morgan fingerprint density at radius 2 is 2.06 bits per heavy atom. The van der Waals surface area contributed by atoms with Gasteiger partial charge in [0.05, 0.1) is 12.5 Å². The highest BCUT2D eigenvalue weighted by atomic mass is 16.5. The van der Waals surface area contributed by atoms with E-state index < -0.39 is 5.97 Å². The molecule has 0 aromatic rings. The molecule has 1 saturated heterocycles. The van der Waals surface area contributed by atoms with E-state index in [4.69, 9.17) is 4.74 Å². The number of carboxylic acid groups (broad SMARTS) is 1. The van der Waals surface area contributed by atoms with Gasteiger partial charge < -0.3 is 9.84 Å².